The lowest BCUT2D eigenvalue weighted by Crippen LogP contribution is -1.94. The van der Waals surface area contributed by atoms with Crippen LogP contribution in [0, 0.1) is 0 Å². The molecule has 12 aromatic rings. The molecule has 0 spiro atoms. The van der Waals surface area contributed by atoms with Crippen LogP contribution in [0.25, 0.3) is 110 Å². The fraction of sp³-hybridized carbons (Fsp3) is 0. The number of furan rings is 1. The van der Waals surface area contributed by atoms with E-state index in [-0.39, 0.29) is 0 Å². The van der Waals surface area contributed by atoms with Crippen LogP contribution in [0.3, 0.4) is 0 Å². The van der Waals surface area contributed by atoms with Gasteiger partial charge in [-0.1, -0.05) is 121 Å². The summed E-state index contributed by atoms with van der Waals surface area (Å²) in [7, 11) is 0. The summed E-state index contributed by atoms with van der Waals surface area (Å²) in [6, 6.07) is 70.4. The van der Waals surface area contributed by atoms with Crippen molar-refractivity contribution in [2.24, 2.45) is 0 Å². The summed E-state index contributed by atoms with van der Waals surface area (Å²) in [6.45, 7) is 0. The molecule has 55 heavy (non-hydrogen) atoms. The highest BCUT2D eigenvalue weighted by Gasteiger charge is 2.19. The zero-order valence-corrected chi connectivity index (χ0v) is 29.8. The molecule has 0 bridgehead atoms. The van der Waals surface area contributed by atoms with Gasteiger partial charge in [0.1, 0.15) is 11.2 Å². The summed E-state index contributed by atoms with van der Waals surface area (Å²) in [5, 5.41) is 9.58. The van der Waals surface area contributed by atoms with Crippen LogP contribution in [0.15, 0.2) is 199 Å². The molecule has 0 aliphatic heterocycles. The molecule has 3 heterocycles. The second-order valence-corrected chi connectivity index (χ2v) is 14.6. The van der Waals surface area contributed by atoms with E-state index in [1.807, 2.05) is 6.07 Å². The van der Waals surface area contributed by atoms with Gasteiger partial charge in [0.25, 0.3) is 0 Å². The Kier molecular flexibility index (Phi) is 6.34. The van der Waals surface area contributed by atoms with Crippen molar-refractivity contribution in [1.29, 1.82) is 0 Å². The highest BCUT2D eigenvalue weighted by atomic mass is 16.3. The van der Waals surface area contributed by atoms with E-state index < -0.39 is 0 Å². The highest BCUT2D eigenvalue weighted by Crippen LogP contribution is 2.41. The van der Waals surface area contributed by atoms with Crippen LogP contribution in [0.5, 0.6) is 0 Å². The van der Waals surface area contributed by atoms with E-state index in [4.69, 9.17) is 4.42 Å². The summed E-state index contributed by atoms with van der Waals surface area (Å²) in [6.07, 6.45) is 0. The van der Waals surface area contributed by atoms with Crippen molar-refractivity contribution in [3.8, 4) is 33.6 Å². The average Bonchev–Trinajstić information content (AvgIpc) is 3.89. The number of aromatic nitrogens is 2. The van der Waals surface area contributed by atoms with Crippen LogP contribution in [0.1, 0.15) is 0 Å². The fourth-order valence-electron chi connectivity index (χ4n) is 8.87. The van der Waals surface area contributed by atoms with E-state index in [1.54, 1.807) is 0 Å². The Balaban J connectivity index is 1.05. The maximum absolute atomic E-state index is 6.44. The first kappa shape index (κ1) is 30.1. The van der Waals surface area contributed by atoms with Gasteiger partial charge in [-0.15, -0.1) is 0 Å². The van der Waals surface area contributed by atoms with Crippen molar-refractivity contribution in [1.82, 2.24) is 9.13 Å². The molecular weight excluding hydrogens is 669 g/mol. The minimum absolute atomic E-state index is 0.905. The molecule has 0 aliphatic rings. The summed E-state index contributed by atoms with van der Waals surface area (Å²) >= 11 is 0. The second kappa shape index (κ2) is 11.6. The zero-order chi connectivity index (χ0) is 36.0. The molecule has 0 atom stereocenters. The van der Waals surface area contributed by atoms with E-state index in [0.717, 1.165) is 33.3 Å². The Labute approximate surface area is 316 Å². The molecule has 3 aromatic heterocycles. The molecule has 0 radical (unpaired) electrons. The monoisotopic (exact) mass is 700 g/mol. The van der Waals surface area contributed by atoms with Crippen molar-refractivity contribution >= 4 is 76.3 Å². The minimum Gasteiger partial charge on any atom is -0.456 e. The van der Waals surface area contributed by atoms with Crippen molar-refractivity contribution in [2.45, 2.75) is 0 Å². The van der Waals surface area contributed by atoms with Gasteiger partial charge in [-0.25, -0.2) is 0 Å². The Hall–Kier alpha value is -7.36. The fourth-order valence-corrected chi connectivity index (χ4v) is 8.87. The third kappa shape index (κ3) is 4.57. The molecule has 0 saturated carbocycles. The third-order valence-corrected chi connectivity index (χ3v) is 11.5. The third-order valence-electron chi connectivity index (χ3n) is 11.5. The topological polar surface area (TPSA) is 23.0 Å². The van der Waals surface area contributed by atoms with Crippen molar-refractivity contribution in [3.05, 3.63) is 194 Å². The Morgan fingerprint density at radius 2 is 0.836 bits per heavy atom. The molecule has 256 valence electrons. The molecule has 0 amide bonds. The van der Waals surface area contributed by atoms with Gasteiger partial charge in [0.15, 0.2) is 0 Å². The lowest BCUT2D eigenvalue weighted by molar-refractivity contribution is 0.669. The van der Waals surface area contributed by atoms with Crippen molar-refractivity contribution in [2.75, 3.05) is 0 Å². The minimum atomic E-state index is 0.905. The molecule has 3 heteroatoms. The van der Waals surface area contributed by atoms with Crippen LogP contribution in [-0.2, 0) is 0 Å². The predicted molar refractivity (Wildman–Crippen MR) is 231 cm³/mol. The maximum Gasteiger partial charge on any atom is 0.136 e. The van der Waals surface area contributed by atoms with E-state index in [2.05, 4.69) is 197 Å². The Bertz CT molecular complexity index is 3470. The van der Waals surface area contributed by atoms with Crippen LogP contribution in [0.4, 0.5) is 0 Å². The lowest BCUT2D eigenvalue weighted by atomic mass is 10.0. The molecule has 0 N–H and O–H groups in total. The first-order valence-electron chi connectivity index (χ1n) is 18.8. The molecule has 0 unspecified atom stereocenters. The number of hydrogen-bond acceptors (Lipinski definition) is 1. The standard InChI is InChI=1S/C52H32N2O/c1-2-10-33(11-3-1)35-18-23-39(24-19-35)53-47-16-8-6-14-41(47)43-29-37(21-26-48(43)53)38-22-27-49-44(30-38)45-32-52-46(42-15-7-9-17-51(42)55-52)31-50(45)54(49)40-25-20-34-12-4-5-13-36(34)28-40/h1-32H. The van der Waals surface area contributed by atoms with Crippen molar-refractivity contribution < 1.29 is 4.42 Å². The summed E-state index contributed by atoms with van der Waals surface area (Å²) < 4.78 is 11.3. The highest BCUT2D eigenvalue weighted by molar-refractivity contribution is 6.18. The van der Waals surface area contributed by atoms with Gasteiger partial charge in [-0.05, 0) is 106 Å². The van der Waals surface area contributed by atoms with Gasteiger partial charge in [0.2, 0.25) is 0 Å². The Morgan fingerprint density at radius 1 is 0.273 bits per heavy atom. The van der Waals surface area contributed by atoms with E-state index in [1.165, 1.54) is 76.6 Å². The van der Waals surface area contributed by atoms with Gasteiger partial charge in [0.05, 0.1) is 22.1 Å². The zero-order valence-electron chi connectivity index (χ0n) is 29.8. The number of rotatable bonds is 4. The molecular formula is C52H32N2O. The van der Waals surface area contributed by atoms with Gasteiger partial charge in [-0.2, -0.15) is 0 Å². The smallest absolute Gasteiger partial charge is 0.136 e. The van der Waals surface area contributed by atoms with Crippen LogP contribution >= 0.6 is 0 Å². The molecule has 12 rings (SSSR count). The largest absolute Gasteiger partial charge is 0.456 e. The van der Waals surface area contributed by atoms with Crippen LogP contribution < -0.4 is 0 Å². The van der Waals surface area contributed by atoms with Gasteiger partial charge >= 0.3 is 0 Å². The van der Waals surface area contributed by atoms with E-state index >= 15 is 0 Å². The molecule has 0 aliphatic carbocycles. The second-order valence-electron chi connectivity index (χ2n) is 14.6. The summed E-state index contributed by atoms with van der Waals surface area (Å²) in [4.78, 5) is 0. The van der Waals surface area contributed by atoms with Crippen molar-refractivity contribution in [3.63, 3.8) is 0 Å². The Morgan fingerprint density at radius 3 is 1.64 bits per heavy atom. The number of benzene rings is 9. The SMILES string of the molecule is c1ccc(-c2ccc(-n3c4ccccc4c4cc(-c5ccc6c(c5)c5cc7oc8ccccc8c7cc5n6-c5ccc6ccccc6c5)ccc43)cc2)cc1. The first-order chi connectivity index (χ1) is 27.2. The van der Waals surface area contributed by atoms with Crippen LogP contribution in [0.2, 0.25) is 0 Å². The predicted octanol–water partition coefficient (Wildman–Crippen LogP) is 14.3. The molecule has 9 aromatic carbocycles. The first-order valence-corrected chi connectivity index (χ1v) is 18.8. The molecule has 0 saturated heterocycles. The normalized spacial score (nSPS) is 12.0. The molecule has 3 nitrogen and oxygen atoms in total. The maximum atomic E-state index is 6.44. The van der Waals surface area contributed by atoms with E-state index in [9.17, 15) is 0 Å². The number of hydrogen-bond donors (Lipinski definition) is 0. The van der Waals surface area contributed by atoms with Gasteiger partial charge in [0, 0.05) is 43.7 Å². The lowest BCUT2D eigenvalue weighted by Gasteiger charge is -2.11. The number of para-hydroxylation sites is 2. The van der Waals surface area contributed by atoms with Gasteiger partial charge in [-0.3, -0.25) is 0 Å². The number of nitrogens with zero attached hydrogens (tertiary/aromatic N) is 2. The number of fused-ring (bicyclic) bond motifs is 10. The molecule has 0 fully saturated rings. The van der Waals surface area contributed by atoms with Crippen LogP contribution in [-0.4, -0.2) is 9.13 Å². The quantitative estimate of drug-likeness (QED) is 0.179. The van der Waals surface area contributed by atoms with Gasteiger partial charge < -0.3 is 13.6 Å². The van der Waals surface area contributed by atoms with E-state index in [0.29, 0.717) is 0 Å². The summed E-state index contributed by atoms with van der Waals surface area (Å²) in [5.74, 6) is 0. The summed E-state index contributed by atoms with van der Waals surface area (Å²) in [5.41, 5.74) is 13.6. The average molecular weight is 701 g/mol.